The number of hydrogen-bond acceptors (Lipinski definition) is 1. The fourth-order valence-electron chi connectivity index (χ4n) is 1.39. The Kier molecular flexibility index (Phi) is 2.19. The quantitative estimate of drug-likeness (QED) is 0.717. The van der Waals surface area contributed by atoms with Gasteiger partial charge in [0.2, 0.25) is 0 Å². The second-order valence-electron chi connectivity index (χ2n) is 3.21. The number of nitrogens with one attached hydrogen (secondary N) is 1. The summed E-state index contributed by atoms with van der Waals surface area (Å²) in [6, 6.07) is 13.7. The number of aromatic amines is 1. The molecule has 1 N–H and O–H groups in total. The van der Waals surface area contributed by atoms with E-state index in [-0.39, 0.29) is 5.78 Å². The van der Waals surface area contributed by atoms with Crippen molar-refractivity contribution < 1.29 is 4.79 Å². The van der Waals surface area contributed by atoms with E-state index in [1.54, 1.807) is 6.92 Å². The number of carbonyl (C=O) groups excluding carboxylic acids is 1. The largest absolute Gasteiger partial charge is 0.352 e. The maximum Gasteiger partial charge on any atom is 0.175 e. The molecule has 0 fully saturated rings. The van der Waals surface area contributed by atoms with Gasteiger partial charge in [-0.2, -0.15) is 0 Å². The molecular formula is C12H11NO. The van der Waals surface area contributed by atoms with E-state index in [1.807, 2.05) is 42.5 Å². The molecule has 1 heterocycles. The maximum atomic E-state index is 11.1. The first-order valence-electron chi connectivity index (χ1n) is 4.53. The summed E-state index contributed by atoms with van der Waals surface area (Å²) in [5.74, 6) is 0.0622. The van der Waals surface area contributed by atoms with Crippen LogP contribution in [0, 0.1) is 0 Å². The minimum absolute atomic E-state index is 0.0622. The van der Waals surface area contributed by atoms with E-state index in [0.29, 0.717) is 5.69 Å². The van der Waals surface area contributed by atoms with Gasteiger partial charge in [0, 0.05) is 12.6 Å². The summed E-state index contributed by atoms with van der Waals surface area (Å²) < 4.78 is 0. The average molecular weight is 185 g/mol. The second kappa shape index (κ2) is 3.50. The first-order chi connectivity index (χ1) is 6.77. The van der Waals surface area contributed by atoms with Crippen molar-refractivity contribution in [3.63, 3.8) is 0 Å². The molecule has 2 heteroatoms. The second-order valence-corrected chi connectivity index (χ2v) is 3.21. The molecule has 1 aromatic heterocycles. The van der Waals surface area contributed by atoms with Crippen molar-refractivity contribution in [3.8, 4) is 11.3 Å². The van der Waals surface area contributed by atoms with Crippen molar-refractivity contribution in [1.82, 2.24) is 4.98 Å². The molecule has 0 radical (unpaired) electrons. The van der Waals surface area contributed by atoms with Gasteiger partial charge >= 0.3 is 0 Å². The molecule has 0 bridgehead atoms. The van der Waals surface area contributed by atoms with Crippen LogP contribution in [0.15, 0.2) is 42.5 Å². The number of H-pyrrole nitrogens is 1. The lowest BCUT2D eigenvalue weighted by Crippen LogP contribution is -1.90. The van der Waals surface area contributed by atoms with Crippen molar-refractivity contribution in [2.24, 2.45) is 0 Å². The molecule has 2 rings (SSSR count). The molecule has 14 heavy (non-hydrogen) atoms. The molecular weight excluding hydrogens is 174 g/mol. The highest BCUT2D eigenvalue weighted by atomic mass is 16.1. The average Bonchev–Trinajstić information content (AvgIpc) is 2.68. The standard InChI is InChI=1S/C12H11NO/c1-9(14)11-7-8-12(13-11)10-5-3-2-4-6-10/h2-8,13H,1H3. The molecule has 1 aromatic carbocycles. The number of hydrogen-bond donors (Lipinski definition) is 1. The van der Waals surface area contributed by atoms with Gasteiger partial charge in [-0.05, 0) is 17.7 Å². The van der Waals surface area contributed by atoms with Crippen LogP contribution in [0.1, 0.15) is 17.4 Å². The Hall–Kier alpha value is -1.83. The monoisotopic (exact) mass is 185 g/mol. The van der Waals surface area contributed by atoms with E-state index < -0.39 is 0 Å². The highest BCUT2D eigenvalue weighted by Gasteiger charge is 2.03. The van der Waals surface area contributed by atoms with Crippen molar-refractivity contribution in [3.05, 3.63) is 48.2 Å². The third kappa shape index (κ3) is 1.59. The molecule has 0 aliphatic heterocycles. The molecule has 2 aromatic rings. The smallest absolute Gasteiger partial charge is 0.175 e. The Bertz CT molecular complexity index is 442. The Labute approximate surface area is 82.6 Å². The van der Waals surface area contributed by atoms with Crippen molar-refractivity contribution in [2.75, 3.05) is 0 Å². The number of benzene rings is 1. The molecule has 0 aliphatic rings. The summed E-state index contributed by atoms with van der Waals surface area (Å²) in [7, 11) is 0. The molecule has 2 nitrogen and oxygen atoms in total. The number of ketones is 1. The maximum absolute atomic E-state index is 11.1. The Morgan fingerprint density at radius 1 is 1.07 bits per heavy atom. The van der Waals surface area contributed by atoms with Gasteiger partial charge in [0.1, 0.15) is 0 Å². The van der Waals surface area contributed by atoms with E-state index in [2.05, 4.69) is 4.98 Å². The van der Waals surface area contributed by atoms with Crippen LogP contribution in [0.2, 0.25) is 0 Å². The molecule has 0 amide bonds. The summed E-state index contributed by atoms with van der Waals surface area (Å²) in [4.78, 5) is 14.1. The van der Waals surface area contributed by atoms with Crippen LogP contribution in [-0.2, 0) is 0 Å². The van der Waals surface area contributed by atoms with Gasteiger partial charge in [-0.1, -0.05) is 30.3 Å². The summed E-state index contributed by atoms with van der Waals surface area (Å²) in [5, 5.41) is 0. The third-order valence-corrected chi connectivity index (χ3v) is 2.15. The van der Waals surface area contributed by atoms with Crippen LogP contribution in [0.3, 0.4) is 0 Å². The van der Waals surface area contributed by atoms with Gasteiger partial charge in [0.25, 0.3) is 0 Å². The fourth-order valence-corrected chi connectivity index (χ4v) is 1.39. The van der Waals surface area contributed by atoms with Crippen LogP contribution in [0.5, 0.6) is 0 Å². The predicted octanol–water partition coefficient (Wildman–Crippen LogP) is 2.88. The van der Waals surface area contributed by atoms with Gasteiger partial charge < -0.3 is 4.98 Å². The molecule has 70 valence electrons. The van der Waals surface area contributed by atoms with Crippen LogP contribution in [0.25, 0.3) is 11.3 Å². The summed E-state index contributed by atoms with van der Waals surface area (Å²) in [5.41, 5.74) is 2.74. The summed E-state index contributed by atoms with van der Waals surface area (Å²) in [6.45, 7) is 1.56. The van der Waals surface area contributed by atoms with E-state index in [1.165, 1.54) is 0 Å². The Morgan fingerprint density at radius 3 is 2.36 bits per heavy atom. The molecule has 0 saturated heterocycles. The fraction of sp³-hybridized carbons (Fsp3) is 0.0833. The first kappa shape index (κ1) is 8.75. The van der Waals surface area contributed by atoms with Gasteiger partial charge in [0.15, 0.2) is 5.78 Å². The third-order valence-electron chi connectivity index (χ3n) is 2.15. The van der Waals surface area contributed by atoms with Crippen LogP contribution >= 0.6 is 0 Å². The Balaban J connectivity index is 2.39. The van der Waals surface area contributed by atoms with E-state index in [4.69, 9.17) is 0 Å². The first-order valence-corrected chi connectivity index (χ1v) is 4.53. The summed E-state index contributed by atoms with van der Waals surface area (Å²) in [6.07, 6.45) is 0. The lowest BCUT2D eigenvalue weighted by Gasteiger charge is -1.96. The number of Topliss-reactive ketones (excluding diaryl/α,β-unsaturated/α-hetero) is 1. The molecule has 0 saturated carbocycles. The zero-order valence-electron chi connectivity index (χ0n) is 7.95. The zero-order valence-corrected chi connectivity index (χ0v) is 7.95. The van der Waals surface area contributed by atoms with Crippen molar-refractivity contribution >= 4 is 5.78 Å². The van der Waals surface area contributed by atoms with Crippen LogP contribution in [-0.4, -0.2) is 10.8 Å². The number of aromatic nitrogens is 1. The summed E-state index contributed by atoms with van der Waals surface area (Å²) >= 11 is 0. The minimum atomic E-state index is 0.0622. The van der Waals surface area contributed by atoms with Crippen LogP contribution < -0.4 is 0 Å². The normalized spacial score (nSPS) is 10.1. The van der Waals surface area contributed by atoms with Crippen LogP contribution in [0.4, 0.5) is 0 Å². The molecule has 0 spiro atoms. The number of carbonyl (C=O) groups is 1. The molecule has 0 aliphatic carbocycles. The minimum Gasteiger partial charge on any atom is -0.352 e. The van der Waals surface area contributed by atoms with E-state index >= 15 is 0 Å². The van der Waals surface area contributed by atoms with Crippen molar-refractivity contribution in [1.29, 1.82) is 0 Å². The number of rotatable bonds is 2. The van der Waals surface area contributed by atoms with Crippen molar-refractivity contribution in [2.45, 2.75) is 6.92 Å². The van der Waals surface area contributed by atoms with E-state index in [0.717, 1.165) is 11.3 Å². The molecule has 0 atom stereocenters. The SMILES string of the molecule is CC(=O)c1ccc(-c2ccccc2)[nH]1. The topological polar surface area (TPSA) is 32.9 Å². The van der Waals surface area contributed by atoms with E-state index in [9.17, 15) is 4.79 Å². The van der Waals surface area contributed by atoms with Gasteiger partial charge in [-0.25, -0.2) is 0 Å². The highest BCUT2D eigenvalue weighted by molar-refractivity contribution is 5.93. The zero-order chi connectivity index (χ0) is 9.97. The van der Waals surface area contributed by atoms with Gasteiger partial charge in [-0.15, -0.1) is 0 Å². The predicted molar refractivity (Wildman–Crippen MR) is 56.2 cm³/mol. The highest BCUT2D eigenvalue weighted by Crippen LogP contribution is 2.17. The molecule has 0 unspecified atom stereocenters. The lowest BCUT2D eigenvalue weighted by atomic mass is 10.2. The lowest BCUT2D eigenvalue weighted by molar-refractivity contribution is 0.101. The Morgan fingerprint density at radius 2 is 1.79 bits per heavy atom. The van der Waals surface area contributed by atoms with Gasteiger partial charge in [0.05, 0.1) is 5.69 Å². The van der Waals surface area contributed by atoms with Gasteiger partial charge in [-0.3, -0.25) is 4.79 Å².